The Morgan fingerprint density at radius 1 is 1.45 bits per heavy atom. The highest BCUT2D eigenvalue weighted by Gasteiger charge is 2.45. The highest BCUT2D eigenvalue weighted by molar-refractivity contribution is 5.35. The summed E-state index contributed by atoms with van der Waals surface area (Å²) in [4.78, 5) is 7.05. The molecule has 1 spiro atoms. The summed E-state index contributed by atoms with van der Waals surface area (Å²) in [6, 6.07) is 1.92. The predicted molar refractivity (Wildman–Crippen MR) is 75.4 cm³/mol. The molecule has 1 saturated carbocycles. The van der Waals surface area contributed by atoms with E-state index in [0.717, 1.165) is 25.3 Å². The van der Waals surface area contributed by atoms with E-state index >= 15 is 0 Å². The fourth-order valence-electron chi connectivity index (χ4n) is 3.37. The smallest absolute Gasteiger partial charge is 0.154 e. The first-order valence-electron chi connectivity index (χ1n) is 7.40. The van der Waals surface area contributed by atoms with Gasteiger partial charge >= 0.3 is 0 Å². The summed E-state index contributed by atoms with van der Waals surface area (Å²) < 4.78 is 7.74. The van der Waals surface area contributed by atoms with E-state index in [1.165, 1.54) is 24.8 Å². The van der Waals surface area contributed by atoms with E-state index < -0.39 is 0 Å². The zero-order valence-electron chi connectivity index (χ0n) is 11.8. The quantitative estimate of drug-likeness (QED) is 0.837. The van der Waals surface area contributed by atoms with Gasteiger partial charge in [0.15, 0.2) is 5.65 Å². The van der Waals surface area contributed by atoms with E-state index in [4.69, 9.17) is 4.74 Å². The van der Waals surface area contributed by atoms with Crippen LogP contribution < -0.4 is 0 Å². The standard InChI is InChI=1S/C15H20N4O/c1-12-8-18(15(11-20-12)4-2-5-15)9-13-7-16-14-3-6-17-19(14)10-13/h3,6-7,10,12H,2,4-5,8-9,11H2,1H3. The second kappa shape index (κ2) is 4.53. The monoisotopic (exact) mass is 272 g/mol. The van der Waals surface area contributed by atoms with Crippen molar-refractivity contribution in [3.05, 3.63) is 30.2 Å². The van der Waals surface area contributed by atoms with Gasteiger partial charge in [0, 0.05) is 42.7 Å². The van der Waals surface area contributed by atoms with Crippen LogP contribution >= 0.6 is 0 Å². The lowest BCUT2D eigenvalue weighted by atomic mass is 9.74. The molecule has 1 unspecified atom stereocenters. The second-order valence-corrected chi connectivity index (χ2v) is 6.18. The van der Waals surface area contributed by atoms with Crippen LogP contribution in [0.5, 0.6) is 0 Å². The van der Waals surface area contributed by atoms with Gasteiger partial charge in [-0.25, -0.2) is 9.50 Å². The van der Waals surface area contributed by atoms with Gasteiger partial charge in [0.1, 0.15) is 0 Å². The minimum Gasteiger partial charge on any atom is -0.375 e. The van der Waals surface area contributed by atoms with Crippen LogP contribution in [0.2, 0.25) is 0 Å². The summed E-state index contributed by atoms with van der Waals surface area (Å²) in [7, 11) is 0. The summed E-state index contributed by atoms with van der Waals surface area (Å²) in [5, 5.41) is 4.27. The van der Waals surface area contributed by atoms with Gasteiger partial charge < -0.3 is 4.74 Å². The molecule has 1 atom stereocenters. The van der Waals surface area contributed by atoms with Crippen molar-refractivity contribution >= 4 is 5.65 Å². The predicted octanol–water partition coefficient (Wildman–Crippen LogP) is 1.87. The van der Waals surface area contributed by atoms with Crippen molar-refractivity contribution in [3.8, 4) is 0 Å². The number of nitrogens with zero attached hydrogens (tertiary/aromatic N) is 4. The first-order valence-corrected chi connectivity index (χ1v) is 7.40. The van der Waals surface area contributed by atoms with Crippen LogP contribution in [-0.2, 0) is 11.3 Å². The molecule has 1 aliphatic heterocycles. The van der Waals surface area contributed by atoms with Crippen molar-refractivity contribution < 1.29 is 4.74 Å². The molecule has 20 heavy (non-hydrogen) atoms. The van der Waals surface area contributed by atoms with Crippen LogP contribution in [0.15, 0.2) is 24.7 Å². The molecule has 5 nitrogen and oxygen atoms in total. The Morgan fingerprint density at radius 2 is 2.35 bits per heavy atom. The van der Waals surface area contributed by atoms with Crippen LogP contribution in [0, 0.1) is 0 Å². The van der Waals surface area contributed by atoms with Crippen LogP contribution in [0.25, 0.3) is 5.65 Å². The normalized spacial score (nSPS) is 25.9. The van der Waals surface area contributed by atoms with E-state index in [9.17, 15) is 0 Å². The van der Waals surface area contributed by atoms with Crippen molar-refractivity contribution in [2.75, 3.05) is 13.2 Å². The summed E-state index contributed by atoms with van der Waals surface area (Å²) in [5.74, 6) is 0. The number of fused-ring (bicyclic) bond motifs is 1. The van der Waals surface area contributed by atoms with E-state index in [2.05, 4.69) is 28.1 Å². The van der Waals surface area contributed by atoms with Gasteiger partial charge in [-0.3, -0.25) is 4.90 Å². The van der Waals surface area contributed by atoms with Gasteiger partial charge in [-0.1, -0.05) is 0 Å². The first kappa shape index (κ1) is 12.3. The van der Waals surface area contributed by atoms with Gasteiger partial charge in [-0.05, 0) is 26.2 Å². The topological polar surface area (TPSA) is 42.7 Å². The van der Waals surface area contributed by atoms with Gasteiger partial charge in [0.25, 0.3) is 0 Å². The molecular formula is C15H20N4O. The molecule has 1 saturated heterocycles. The lowest BCUT2D eigenvalue weighted by molar-refractivity contribution is -0.141. The van der Waals surface area contributed by atoms with Crippen molar-refractivity contribution in [1.29, 1.82) is 0 Å². The summed E-state index contributed by atoms with van der Waals surface area (Å²) >= 11 is 0. The molecular weight excluding hydrogens is 252 g/mol. The second-order valence-electron chi connectivity index (χ2n) is 6.18. The Morgan fingerprint density at radius 3 is 3.15 bits per heavy atom. The maximum absolute atomic E-state index is 5.89. The molecule has 2 aliphatic rings. The number of rotatable bonds is 2. The zero-order valence-corrected chi connectivity index (χ0v) is 11.8. The van der Waals surface area contributed by atoms with E-state index in [1.54, 1.807) is 6.20 Å². The van der Waals surface area contributed by atoms with E-state index in [-0.39, 0.29) is 5.54 Å². The highest BCUT2D eigenvalue weighted by Crippen LogP contribution is 2.41. The molecule has 0 amide bonds. The van der Waals surface area contributed by atoms with Crippen molar-refractivity contribution in [3.63, 3.8) is 0 Å². The fourth-order valence-corrected chi connectivity index (χ4v) is 3.37. The Kier molecular flexibility index (Phi) is 2.79. The summed E-state index contributed by atoms with van der Waals surface area (Å²) in [5.41, 5.74) is 2.41. The van der Waals surface area contributed by atoms with Crippen LogP contribution in [0.3, 0.4) is 0 Å². The molecule has 1 aliphatic carbocycles. The Bertz CT molecular complexity index is 619. The molecule has 0 radical (unpaired) electrons. The molecule has 106 valence electrons. The molecule has 4 rings (SSSR count). The van der Waals surface area contributed by atoms with Crippen LogP contribution in [0.4, 0.5) is 0 Å². The molecule has 0 aromatic carbocycles. The molecule has 2 fully saturated rings. The minimum atomic E-state index is 0.283. The van der Waals surface area contributed by atoms with E-state index in [0.29, 0.717) is 6.10 Å². The average Bonchev–Trinajstić information content (AvgIpc) is 2.84. The van der Waals surface area contributed by atoms with Gasteiger partial charge in [0.05, 0.1) is 18.9 Å². The number of morpholine rings is 1. The number of hydrogen-bond donors (Lipinski definition) is 0. The molecule has 0 bridgehead atoms. The van der Waals surface area contributed by atoms with Crippen LogP contribution in [0.1, 0.15) is 31.7 Å². The third-order valence-electron chi connectivity index (χ3n) is 4.74. The molecule has 3 heterocycles. The molecule has 2 aromatic rings. The SMILES string of the molecule is CC1CN(Cc2cnc3ccnn3c2)C2(CCC2)CO1. The zero-order chi connectivity index (χ0) is 13.6. The van der Waals surface area contributed by atoms with Gasteiger partial charge in [-0.2, -0.15) is 5.10 Å². The minimum absolute atomic E-state index is 0.283. The maximum atomic E-state index is 5.89. The number of hydrogen-bond acceptors (Lipinski definition) is 4. The molecule has 2 aromatic heterocycles. The van der Waals surface area contributed by atoms with E-state index in [1.807, 2.05) is 16.8 Å². The Labute approximate surface area is 118 Å². The Hall–Kier alpha value is -1.46. The Balaban J connectivity index is 1.59. The number of aromatic nitrogens is 3. The van der Waals surface area contributed by atoms with Crippen molar-refractivity contribution in [2.24, 2.45) is 0 Å². The average molecular weight is 272 g/mol. The first-order chi connectivity index (χ1) is 9.75. The fraction of sp³-hybridized carbons (Fsp3) is 0.600. The summed E-state index contributed by atoms with van der Waals surface area (Å²) in [6.07, 6.45) is 10.0. The largest absolute Gasteiger partial charge is 0.375 e. The van der Waals surface area contributed by atoms with Crippen molar-refractivity contribution in [2.45, 2.75) is 44.4 Å². The number of ether oxygens (including phenoxy) is 1. The maximum Gasteiger partial charge on any atom is 0.154 e. The highest BCUT2D eigenvalue weighted by atomic mass is 16.5. The van der Waals surface area contributed by atoms with Gasteiger partial charge in [-0.15, -0.1) is 0 Å². The molecule has 0 N–H and O–H groups in total. The molecule has 5 heteroatoms. The third kappa shape index (κ3) is 1.93. The van der Waals surface area contributed by atoms with Gasteiger partial charge in [0.2, 0.25) is 0 Å². The lowest BCUT2D eigenvalue weighted by Crippen LogP contribution is -2.62. The lowest BCUT2D eigenvalue weighted by Gasteiger charge is -2.54. The van der Waals surface area contributed by atoms with Crippen LogP contribution in [-0.4, -0.2) is 44.3 Å². The summed E-state index contributed by atoms with van der Waals surface area (Å²) in [6.45, 7) is 4.99. The van der Waals surface area contributed by atoms with Crippen molar-refractivity contribution in [1.82, 2.24) is 19.5 Å². The third-order valence-corrected chi connectivity index (χ3v) is 4.74.